The molecule has 10 heteroatoms. The molecular weight excluding hydrogens is 498 g/mol. The molecule has 36 heavy (non-hydrogen) atoms. The topological polar surface area (TPSA) is 96.8 Å². The fourth-order valence-corrected chi connectivity index (χ4v) is 6.39. The molecule has 0 aliphatic carbocycles. The van der Waals surface area contributed by atoms with Crippen LogP contribution in [0.4, 0.5) is 0 Å². The van der Waals surface area contributed by atoms with Crippen LogP contribution in [-0.2, 0) is 9.13 Å². The molecule has 8 nitrogen and oxygen atoms in total. The Morgan fingerprint density at radius 3 is 1.22 bits per heavy atom. The molecule has 2 unspecified atom stereocenters. The summed E-state index contributed by atoms with van der Waals surface area (Å²) in [6.45, 7) is 0. The second-order valence-corrected chi connectivity index (χ2v) is 10.6. The highest BCUT2D eigenvalue weighted by atomic mass is 31.1. The molecule has 0 saturated carbocycles. The molecule has 4 rings (SSSR count). The number of nitrogens with zero attached hydrogens (tertiary/aromatic N) is 2. The molecule has 0 aliphatic heterocycles. The van der Waals surface area contributed by atoms with E-state index in [1.807, 2.05) is 36.4 Å². The molecule has 0 bridgehead atoms. The van der Waals surface area contributed by atoms with Crippen molar-refractivity contribution in [3.8, 4) is 34.6 Å². The highest BCUT2D eigenvalue weighted by Crippen LogP contribution is 2.42. The Hall–Kier alpha value is -3.86. The van der Waals surface area contributed by atoms with E-state index in [0.717, 1.165) is 0 Å². The van der Waals surface area contributed by atoms with E-state index in [-0.39, 0.29) is 23.5 Å². The van der Waals surface area contributed by atoms with Crippen molar-refractivity contribution in [1.29, 1.82) is 0 Å². The van der Waals surface area contributed by atoms with E-state index in [0.29, 0.717) is 32.3 Å². The molecule has 0 aliphatic rings. The number of rotatable bonds is 9. The molecular formula is C26H24N2O6P2+2. The van der Waals surface area contributed by atoms with Gasteiger partial charge in [0, 0.05) is 0 Å². The van der Waals surface area contributed by atoms with Crippen molar-refractivity contribution >= 4 is 36.8 Å². The molecule has 0 radical (unpaired) electrons. The number of methoxy groups -OCH3 is 4. The molecule has 0 saturated heterocycles. The lowest BCUT2D eigenvalue weighted by Gasteiger charge is -2.14. The van der Waals surface area contributed by atoms with E-state index in [2.05, 4.69) is 9.97 Å². The van der Waals surface area contributed by atoms with Gasteiger partial charge in [0.25, 0.3) is 0 Å². The van der Waals surface area contributed by atoms with Crippen LogP contribution in [0.25, 0.3) is 11.1 Å². The minimum absolute atomic E-state index is 0.131. The van der Waals surface area contributed by atoms with E-state index in [4.69, 9.17) is 18.9 Å². The molecule has 0 N–H and O–H groups in total. The maximum atomic E-state index is 13.9. The van der Waals surface area contributed by atoms with Crippen LogP contribution in [0.3, 0.4) is 0 Å². The van der Waals surface area contributed by atoms with Gasteiger partial charge >= 0.3 is 15.6 Å². The van der Waals surface area contributed by atoms with Crippen LogP contribution in [0.15, 0.2) is 72.8 Å². The number of benzene rings is 2. The van der Waals surface area contributed by atoms with Crippen molar-refractivity contribution in [1.82, 2.24) is 9.97 Å². The van der Waals surface area contributed by atoms with Crippen LogP contribution in [0.1, 0.15) is 0 Å². The minimum Gasteiger partial charge on any atom is -0.481 e. The Morgan fingerprint density at radius 2 is 0.917 bits per heavy atom. The zero-order valence-corrected chi connectivity index (χ0v) is 22.0. The van der Waals surface area contributed by atoms with Crippen LogP contribution in [0, 0.1) is 0 Å². The van der Waals surface area contributed by atoms with Gasteiger partial charge in [-0.25, -0.2) is 0 Å². The molecule has 0 amide bonds. The van der Waals surface area contributed by atoms with Crippen molar-refractivity contribution in [2.75, 3.05) is 28.4 Å². The predicted molar refractivity (Wildman–Crippen MR) is 140 cm³/mol. The van der Waals surface area contributed by atoms with Gasteiger partial charge in [0.2, 0.25) is 34.1 Å². The third kappa shape index (κ3) is 4.92. The van der Waals surface area contributed by atoms with Crippen molar-refractivity contribution < 1.29 is 28.1 Å². The van der Waals surface area contributed by atoms with E-state index in [9.17, 15) is 9.13 Å². The lowest BCUT2D eigenvalue weighted by molar-refractivity contribution is 0.362. The van der Waals surface area contributed by atoms with E-state index < -0.39 is 15.6 Å². The van der Waals surface area contributed by atoms with E-state index in [1.54, 1.807) is 36.4 Å². The average Bonchev–Trinajstić information content (AvgIpc) is 2.95. The smallest absolute Gasteiger partial charge is 0.416 e. The maximum absolute atomic E-state index is 13.9. The van der Waals surface area contributed by atoms with Crippen LogP contribution in [-0.4, -0.2) is 38.4 Å². The SMILES string of the molecule is COc1cc([P+](=O)c2ccccc2)c(-c2c([P+](=O)c3ccccc3)cc(OC)nc2OC)c(OC)n1. The number of ether oxygens (including phenoxy) is 4. The lowest BCUT2D eigenvalue weighted by Crippen LogP contribution is -2.19. The third-order valence-electron chi connectivity index (χ3n) is 5.36. The summed E-state index contributed by atoms with van der Waals surface area (Å²) in [4.78, 5) is 8.86. The fraction of sp³-hybridized carbons (Fsp3) is 0.154. The van der Waals surface area contributed by atoms with Crippen LogP contribution in [0.5, 0.6) is 23.5 Å². The Balaban J connectivity index is 2.09. The summed E-state index contributed by atoms with van der Waals surface area (Å²) in [5, 5.41) is 1.95. The first-order valence-corrected chi connectivity index (χ1v) is 13.3. The lowest BCUT2D eigenvalue weighted by atomic mass is 10.1. The number of pyridine rings is 2. The summed E-state index contributed by atoms with van der Waals surface area (Å²) < 4.78 is 49.8. The quantitative estimate of drug-likeness (QED) is 0.307. The second kappa shape index (κ2) is 11.3. The maximum Gasteiger partial charge on any atom is 0.416 e. The summed E-state index contributed by atoms with van der Waals surface area (Å²) in [5.74, 6) is 0.705. The second-order valence-electron chi connectivity index (χ2n) is 7.40. The summed E-state index contributed by atoms with van der Waals surface area (Å²) in [6, 6.07) is 21.2. The number of aromatic nitrogens is 2. The van der Waals surface area contributed by atoms with Crippen LogP contribution < -0.4 is 40.2 Å². The summed E-state index contributed by atoms with van der Waals surface area (Å²) in [7, 11) is 1.57. The van der Waals surface area contributed by atoms with Crippen LogP contribution >= 0.6 is 15.6 Å². The summed E-state index contributed by atoms with van der Waals surface area (Å²) in [5.41, 5.74) is 0.703. The minimum atomic E-state index is -2.13. The third-order valence-corrected chi connectivity index (χ3v) is 8.47. The van der Waals surface area contributed by atoms with Gasteiger partial charge in [0.1, 0.15) is 11.1 Å². The monoisotopic (exact) mass is 522 g/mol. The number of hydrogen-bond donors (Lipinski definition) is 0. The zero-order chi connectivity index (χ0) is 25.7. The molecule has 0 fully saturated rings. The van der Waals surface area contributed by atoms with Gasteiger partial charge in [-0.3, -0.25) is 0 Å². The molecule has 4 aromatic rings. The van der Waals surface area contributed by atoms with E-state index in [1.165, 1.54) is 28.4 Å². The van der Waals surface area contributed by atoms with Gasteiger partial charge in [-0.1, -0.05) is 45.5 Å². The molecule has 182 valence electrons. The standard InChI is InChI=1S/C26H24N2O6P2/c1-31-21-15-19(35(29)17-11-7-5-8-12-17)23(25(27-21)33-3)24-20(16-22(32-2)28-26(24)34-4)36(30)18-13-9-6-10-14-18/h5-16H,1-4H3/q+2. The van der Waals surface area contributed by atoms with Crippen LogP contribution in [0.2, 0.25) is 0 Å². The average molecular weight is 522 g/mol. The normalized spacial score (nSPS) is 11.4. The van der Waals surface area contributed by atoms with E-state index >= 15 is 0 Å². The van der Waals surface area contributed by atoms with Gasteiger partial charge < -0.3 is 18.9 Å². The highest BCUT2D eigenvalue weighted by molar-refractivity contribution is 7.62. The van der Waals surface area contributed by atoms with Gasteiger partial charge in [0.05, 0.1) is 40.6 Å². The largest absolute Gasteiger partial charge is 0.481 e. The van der Waals surface area contributed by atoms with Gasteiger partial charge in [0.15, 0.2) is 10.6 Å². The molecule has 0 spiro atoms. The summed E-state index contributed by atoms with van der Waals surface area (Å²) in [6.07, 6.45) is 0. The van der Waals surface area contributed by atoms with Crippen molar-refractivity contribution in [3.05, 3.63) is 72.8 Å². The van der Waals surface area contributed by atoms with Gasteiger partial charge in [-0.05, 0) is 24.3 Å². The first-order chi connectivity index (χ1) is 17.5. The predicted octanol–water partition coefficient (Wildman–Crippen LogP) is 3.73. The first kappa shape index (κ1) is 25.2. The zero-order valence-electron chi connectivity index (χ0n) is 20.2. The van der Waals surface area contributed by atoms with Gasteiger partial charge in [-0.2, -0.15) is 9.97 Å². The van der Waals surface area contributed by atoms with Gasteiger partial charge in [-0.15, -0.1) is 0 Å². The Bertz CT molecular complexity index is 1310. The molecule has 2 aromatic heterocycles. The fourth-order valence-electron chi connectivity index (χ4n) is 3.67. The van der Waals surface area contributed by atoms with Crippen molar-refractivity contribution in [2.45, 2.75) is 0 Å². The van der Waals surface area contributed by atoms with Crippen molar-refractivity contribution in [3.63, 3.8) is 0 Å². The van der Waals surface area contributed by atoms with Crippen molar-refractivity contribution in [2.24, 2.45) is 0 Å². The molecule has 2 heterocycles. The first-order valence-electron chi connectivity index (χ1n) is 10.8. The Morgan fingerprint density at radius 1 is 0.556 bits per heavy atom. The Kier molecular flexibility index (Phi) is 7.89. The summed E-state index contributed by atoms with van der Waals surface area (Å²) >= 11 is 0. The Labute approximate surface area is 210 Å². The highest BCUT2D eigenvalue weighted by Gasteiger charge is 2.40. The molecule has 2 atom stereocenters. The number of hydrogen-bond acceptors (Lipinski definition) is 8. The molecule has 2 aromatic carbocycles.